The summed E-state index contributed by atoms with van der Waals surface area (Å²) in [6, 6.07) is 4.60. The smallest absolute Gasteiger partial charge is 0.303 e. The molecule has 0 amide bonds. The number of fused-ring (bicyclic) bond motifs is 1. The Kier molecular flexibility index (Phi) is 2.68. The zero-order valence-electron chi connectivity index (χ0n) is 7.87. The van der Waals surface area contributed by atoms with Gasteiger partial charge in [0, 0.05) is 11.1 Å². The third kappa shape index (κ3) is 2.15. The Morgan fingerprint density at radius 2 is 2.27 bits per heavy atom. The fourth-order valence-corrected chi connectivity index (χ4v) is 2.47. The van der Waals surface area contributed by atoms with E-state index in [0.29, 0.717) is 6.42 Å². The normalized spacial score (nSPS) is 10.7. The molecule has 0 aliphatic carbocycles. The number of rotatable bonds is 3. The zero-order valence-corrected chi connectivity index (χ0v) is 8.68. The summed E-state index contributed by atoms with van der Waals surface area (Å²) in [5, 5.41) is 11.3. The second kappa shape index (κ2) is 3.98. The van der Waals surface area contributed by atoms with Crippen LogP contribution in [0.2, 0.25) is 0 Å². The molecule has 0 bridgehead atoms. The minimum atomic E-state index is -0.828. The SMILES string of the molecule is O=C(O)CCc1csc2ccc(F)cc12. The molecule has 78 valence electrons. The Labute approximate surface area is 90.0 Å². The Hall–Kier alpha value is -1.42. The van der Waals surface area contributed by atoms with E-state index in [1.807, 2.05) is 5.38 Å². The molecule has 0 fully saturated rings. The van der Waals surface area contributed by atoms with Crippen LogP contribution in [0.5, 0.6) is 0 Å². The molecule has 0 aliphatic rings. The van der Waals surface area contributed by atoms with Crippen molar-refractivity contribution < 1.29 is 14.3 Å². The van der Waals surface area contributed by atoms with E-state index in [9.17, 15) is 9.18 Å². The molecule has 2 nitrogen and oxygen atoms in total. The molecule has 0 atom stereocenters. The summed E-state index contributed by atoms with van der Waals surface area (Å²) in [6.45, 7) is 0. The van der Waals surface area contributed by atoms with Gasteiger partial charge in [-0.05, 0) is 40.9 Å². The number of halogens is 1. The maximum atomic E-state index is 13.0. The van der Waals surface area contributed by atoms with E-state index < -0.39 is 5.97 Å². The highest BCUT2D eigenvalue weighted by Gasteiger charge is 2.06. The number of thiophene rings is 1. The van der Waals surface area contributed by atoms with Crippen molar-refractivity contribution in [3.8, 4) is 0 Å². The summed E-state index contributed by atoms with van der Waals surface area (Å²) >= 11 is 1.51. The predicted octanol–water partition coefficient (Wildman–Crippen LogP) is 3.06. The average Bonchev–Trinajstić information content (AvgIpc) is 2.57. The van der Waals surface area contributed by atoms with Crippen LogP contribution in [0.1, 0.15) is 12.0 Å². The highest BCUT2D eigenvalue weighted by atomic mass is 32.1. The van der Waals surface area contributed by atoms with Crippen LogP contribution in [0.15, 0.2) is 23.6 Å². The molecule has 2 aromatic rings. The first kappa shape index (κ1) is 10.1. The molecule has 2 rings (SSSR count). The van der Waals surface area contributed by atoms with Gasteiger partial charge in [0.05, 0.1) is 0 Å². The van der Waals surface area contributed by atoms with Crippen LogP contribution < -0.4 is 0 Å². The van der Waals surface area contributed by atoms with Crippen molar-refractivity contribution in [3.05, 3.63) is 35.0 Å². The van der Waals surface area contributed by atoms with Crippen LogP contribution in [0.25, 0.3) is 10.1 Å². The molecule has 0 aliphatic heterocycles. The van der Waals surface area contributed by atoms with Gasteiger partial charge in [0.25, 0.3) is 0 Å². The Morgan fingerprint density at radius 1 is 1.47 bits per heavy atom. The fraction of sp³-hybridized carbons (Fsp3) is 0.182. The Balaban J connectivity index is 2.35. The lowest BCUT2D eigenvalue weighted by atomic mass is 10.1. The summed E-state index contributed by atoms with van der Waals surface area (Å²) in [5.74, 6) is -1.11. The molecule has 0 saturated heterocycles. The molecular formula is C11H9FO2S. The van der Waals surface area contributed by atoms with Gasteiger partial charge in [-0.25, -0.2) is 4.39 Å². The van der Waals surface area contributed by atoms with Gasteiger partial charge in [0.15, 0.2) is 0 Å². The molecule has 1 heterocycles. The monoisotopic (exact) mass is 224 g/mol. The van der Waals surface area contributed by atoms with Crippen molar-refractivity contribution in [1.82, 2.24) is 0 Å². The standard InChI is InChI=1S/C11H9FO2S/c12-8-2-3-10-9(5-8)7(6-15-10)1-4-11(13)14/h2-3,5-6H,1,4H2,(H,13,14). The molecule has 0 saturated carbocycles. The average molecular weight is 224 g/mol. The van der Waals surface area contributed by atoms with Gasteiger partial charge in [-0.2, -0.15) is 0 Å². The van der Waals surface area contributed by atoms with Crippen molar-refractivity contribution in [2.75, 3.05) is 0 Å². The quantitative estimate of drug-likeness (QED) is 0.870. The van der Waals surface area contributed by atoms with Crippen molar-refractivity contribution in [1.29, 1.82) is 0 Å². The van der Waals surface area contributed by atoms with Crippen LogP contribution >= 0.6 is 11.3 Å². The Morgan fingerprint density at radius 3 is 3.00 bits per heavy atom. The number of aryl methyl sites for hydroxylation is 1. The van der Waals surface area contributed by atoms with Crippen molar-refractivity contribution in [2.24, 2.45) is 0 Å². The maximum Gasteiger partial charge on any atom is 0.303 e. The van der Waals surface area contributed by atoms with Gasteiger partial charge in [0.1, 0.15) is 5.82 Å². The molecule has 0 radical (unpaired) electrons. The molecule has 15 heavy (non-hydrogen) atoms. The lowest BCUT2D eigenvalue weighted by Crippen LogP contribution is -1.96. The molecule has 0 spiro atoms. The first-order chi connectivity index (χ1) is 7.16. The number of hydrogen-bond donors (Lipinski definition) is 1. The van der Waals surface area contributed by atoms with Crippen molar-refractivity contribution in [3.63, 3.8) is 0 Å². The predicted molar refractivity (Wildman–Crippen MR) is 57.7 cm³/mol. The van der Waals surface area contributed by atoms with E-state index in [0.717, 1.165) is 15.6 Å². The maximum absolute atomic E-state index is 13.0. The summed E-state index contributed by atoms with van der Waals surface area (Å²) in [5.41, 5.74) is 0.914. The number of carboxylic acids is 1. The molecule has 4 heteroatoms. The number of hydrogen-bond acceptors (Lipinski definition) is 2. The van der Waals surface area contributed by atoms with Crippen LogP contribution in [0, 0.1) is 5.82 Å². The molecule has 0 unspecified atom stereocenters. The number of carboxylic acid groups (broad SMARTS) is 1. The molecule has 1 N–H and O–H groups in total. The van der Waals surface area contributed by atoms with Gasteiger partial charge in [-0.15, -0.1) is 11.3 Å². The van der Waals surface area contributed by atoms with Gasteiger partial charge in [0.2, 0.25) is 0 Å². The number of aliphatic carboxylic acids is 1. The fourth-order valence-electron chi connectivity index (χ4n) is 1.49. The molecule has 1 aromatic carbocycles. The molecule has 1 aromatic heterocycles. The highest BCUT2D eigenvalue weighted by Crippen LogP contribution is 2.27. The van der Waals surface area contributed by atoms with E-state index in [2.05, 4.69) is 0 Å². The minimum absolute atomic E-state index is 0.0857. The highest BCUT2D eigenvalue weighted by molar-refractivity contribution is 7.17. The largest absolute Gasteiger partial charge is 0.481 e. The van der Waals surface area contributed by atoms with Crippen LogP contribution in [-0.2, 0) is 11.2 Å². The topological polar surface area (TPSA) is 37.3 Å². The third-order valence-corrected chi connectivity index (χ3v) is 3.24. The number of carbonyl (C=O) groups is 1. The second-order valence-electron chi connectivity index (χ2n) is 3.30. The zero-order chi connectivity index (χ0) is 10.8. The molecular weight excluding hydrogens is 215 g/mol. The van der Waals surface area contributed by atoms with Crippen LogP contribution in [-0.4, -0.2) is 11.1 Å². The van der Waals surface area contributed by atoms with Crippen molar-refractivity contribution in [2.45, 2.75) is 12.8 Å². The van der Waals surface area contributed by atoms with Crippen molar-refractivity contribution >= 4 is 27.4 Å². The summed E-state index contributed by atoms with van der Waals surface area (Å²) < 4.78 is 14.0. The number of benzene rings is 1. The lowest BCUT2D eigenvalue weighted by Gasteiger charge is -1.96. The van der Waals surface area contributed by atoms with Gasteiger partial charge in [-0.3, -0.25) is 4.79 Å². The lowest BCUT2D eigenvalue weighted by molar-refractivity contribution is -0.136. The van der Waals surface area contributed by atoms with Gasteiger partial charge in [-0.1, -0.05) is 0 Å². The van der Waals surface area contributed by atoms with Gasteiger partial charge < -0.3 is 5.11 Å². The van der Waals surface area contributed by atoms with Crippen LogP contribution in [0.3, 0.4) is 0 Å². The first-order valence-corrected chi connectivity index (χ1v) is 5.42. The second-order valence-corrected chi connectivity index (χ2v) is 4.21. The van der Waals surface area contributed by atoms with E-state index in [1.165, 1.54) is 23.5 Å². The first-order valence-electron chi connectivity index (χ1n) is 4.54. The summed E-state index contributed by atoms with van der Waals surface area (Å²) in [7, 11) is 0. The third-order valence-electron chi connectivity index (χ3n) is 2.22. The summed E-state index contributed by atoms with van der Waals surface area (Å²) in [4.78, 5) is 10.4. The summed E-state index contributed by atoms with van der Waals surface area (Å²) in [6.07, 6.45) is 0.543. The minimum Gasteiger partial charge on any atom is -0.481 e. The Bertz CT molecular complexity index is 504. The van der Waals surface area contributed by atoms with E-state index in [1.54, 1.807) is 6.07 Å². The van der Waals surface area contributed by atoms with E-state index in [4.69, 9.17) is 5.11 Å². The van der Waals surface area contributed by atoms with E-state index in [-0.39, 0.29) is 12.2 Å². The van der Waals surface area contributed by atoms with Crippen LogP contribution in [0.4, 0.5) is 4.39 Å². The van der Waals surface area contributed by atoms with E-state index >= 15 is 0 Å². The van der Waals surface area contributed by atoms with Gasteiger partial charge >= 0.3 is 5.97 Å².